The van der Waals surface area contributed by atoms with Gasteiger partial charge in [-0.1, -0.05) is 55.8 Å². The average molecular weight is 458 g/mol. The van der Waals surface area contributed by atoms with E-state index in [0.717, 1.165) is 53.0 Å². The Morgan fingerprint density at radius 3 is 2.45 bits per heavy atom. The molecule has 2 aromatic heterocycles. The maximum Gasteiger partial charge on any atom is 0.170 e. The van der Waals surface area contributed by atoms with Crippen molar-refractivity contribution < 1.29 is 0 Å². The van der Waals surface area contributed by atoms with Gasteiger partial charge in [-0.25, -0.2) is 15.0 Å². The van der Waals surface area contributed by atoms with Crippen LogP contribution in [0.15, 0.2) is 54.9 Å². The lowest BCUT2D eigenvalue weighted by molar-refractivity contribution is 0.813. The Labute approximate surface area is 199 Å². The fraction of sp³-hybridized carbons (Fsp3) is 0.296. The largest absolute Gasteiger partial charge is 0.351 e. The number of halogens is 1. The van der Waals surface area contributed by atoms with Gasteiger partial charge < -0.3 is 4.90 Å². The SMILES string of the molecule is Cc1nc(N2CC=C(c3ccc(Cl)cc3)CC2)c2ncn(-c3ccc(C(C)C)cc3C)c2n1. The second-order valence-corrected chi connectivity index (χ2v) is 9.45. The average Bonchev–Trinajstić information content (AvgIpc) is 3.22. The number of nitrogens with zero attached hydrogens (tertiary/aromatic N) is 5. The highest BCUT2D eigenvalue weighted by atomic mass is 35.5. The molecular weight excluding hydrogens is 430 g/mol. The molecule has 2 aromatic carbocycles. The van der Waals surface area contributed by atoms with Crippen molar-refractivity contribution in [3.63, 3.8) is 0 Å². The Morgan fingerprint density at radius 2 is 1.79 bits per heavy atom. The maximum atomic E-state index is 6.05. The van der Waals surface area contributed by atoms with Gasteiger partial charge in [0.2, 0.25) is 0 Å². The van der Waals surface area contributed by atoms with E-state index in [9.17, 15) is 0 Å². The molecule has 33 heavy (non-hydrogen) atoms. The fourth-order valence-electron chi connectivity index (χ4n) is 4.48. The molecule has 0 saturated carbocycles. The zero-order valence-electron chi connectivity index (χ0n) is 19.5. The van der Waals surface area contributed by atoms with Crippen LogP contribution in [-0.4, -0.2) is 32.6 Å². The zero-order chi connectivity index (χ0) is 23.1. The van der Waals surface area contributed by atoms with E-state index in [1.165, 1.54) is 22.3 Å². The highest BCUT2D eigenvalue weighted by Crippen LogP contribution is 2.31. The molecule has 5 rings (SSSR count). The van der Waals surface area contributed by atoms with Crippen LogP contribution >= 0.6 is 11.6 Å². The molecule has 0 N–H and O–H groups in total. The van der Waals surface area contributed by atoms with Gasteiger partial charge in [0.15, 0.2) is 17.0 Å². The van der Waals surface area contributed by atoms with Crippen molar-refractivity contribution in [3.05, 3.63) is 82.4 Å². The molecule has 0 atom stereocenters. The molecule has 168 valence electrons. The second-order valence-electron chi connectivity index (χ2n) is 9.01. The summed E-state index contributed by atoms with van der Waals surface area (Å²) in [6.07, 6.45) is 5.10. The summed E-state index contributed by atoms with van der Waals surface area (Å²) in [6.45, 7) is 10.2. The van der Waals surface area contributed by atoms with Gasteiger partial charge in [-0.05, 0) is 66.6 Å². The smallest absolute Gasteiger partial charge is 0.170 e. The Morgan fingerprint density at radius 1 is 1.00 bits per heavy atom. The van der Waals surface area contributed by atoms with Crippen LogP contribution in [0.25, 0.3) is 22.4 Å². The first-order valence-corrected chi connectivity index (χ1v) is 11.8. The van der Waals surface area contributed by atoms with Crippen molar-refractivity contribution in [3.8, 4) is 5.69 Å². The molecule has 0 bridgehead atoms. The molecule has 0 unspecified atom stereocenters. The molecular formula is C27H28ClN5. The summed E-state index contributed by atoms with van der Waals surface area (Å²) in [4.78, 5) is 16.6. The molecule has 1 aliphatic rings. The minimum absolute atomic E-state index is 0.498. The quantitative estimate of drug-likeness (QED) is 0.350. The van der Waals surface area contributed by atoms with Gasteiger partial charge in [0, 0.05) is 18.1 Å². The van der Waals surface area contributed by atoms with Crippen molar-refractivity contribution in [1.82, 2.24) is 19.5 Å². The number of hydrogen-bond donors (Lipinski definition) is 0. The first-order chi connectivity index (χ1) is 15.9. The lowest BCUT2D eigenvalue weighted by Crippen LogP contribution is -2.29. The molecule has 0 fully saturated rings. The molecule has 5 nitrogen and oxygen atoms in total. The number of fused-ring (bicyclic) bond motifs is 1. The number of hydrogen-bond acceptors (Lipinski definition) is 4. The van der Waals surface area contributed by atoms with Crippen LogP contribution < -0.4 is 4.90 Å². The van der Waals surface area contributed by atoms with Crippen molar-refractivity contribution >= 4 is 34.2 Å². The van der Waals surface area contributed by atoms with Crippen LogP contribution in [0.2, 0.25) is 5.02 Å². The van der Waals surface area contributed by atoms with Gasteiger partial charge in [0.1, 0.15) is 12.2 Å². The molecule has 4 aromatic rings. The van der Waals surface area contributed by atoms with Crippen LogP contribution in [-0.2, 0) is 0 Å². The summed E-state index contributed by atoms with van der Waals surface area (Å²) in [5, 5.41) is 0.764. The van der Waals surface area contributed by atoms with E-state index in [1.807, 2.05) is 25.4 Å². The van der Waals surface area contributed by atoms with Crippen molar-refractivity contribution in [1.29, 1.82) is 0 Å². The summed E-state index contributed by atoms with van der Waals surface area (Å²) in [7, 11) is 0. The molecule has 6 heteroatoms. The van der Waals surface area contributed by atoms with Gasteiger partial charge in [0.05, 0.1) is 5.69 Å². The molecule has 3 heterocycles. The number of benzene rings is 2. The fourth-order valence-corrected chi connectivity index (χ4v) is 4.61. The highest BCUT2D eigenvalue weighted by molar-refractivity contribution is 6.30. The minimum Gasteiger partial charge on any atom is -0.351 e. The molecule has 1 aliphatic heterocycles. The summed E-state index contributed by atoms with van der Waals surface area (Å²) >= 11 is 6.05. The maximum absolute atomic E-state index is 6.05. The molecule has 0 amide bonds. The number of anilines is 1. The molecule has 0 spiro atoms. The third-order valence-electron chi connectivity index (χ3n) is 6.36. The highest BCUT2D eigenvalue weighted by Gasteiger charge is 2.21. The van der Waals surface area contributed by atoms with Crippen LogP contribution in [0.5, 0.6) is 0 Å². The first-order valence-electron chi connectivity index (χ1n) is 11.4. The van der Waals surface area contributed by atoms with Gasteiger partial charge in [-0.2, -0.15) is 0 Å². The predicted octanol–water partition coefficient (Wildman–Crippen LogP) is 6.50. The first kappa shape index (κ1) is 21.7. The van der Waals surface area contributed by atoms with Gasteiger partial charge in [-0.3, -0.25) is 4.57 Å². The zero-order valence-corrected chi connectivity index (χ0v) is 20.3. The van der Waals surface area contributed by atoms with Crippen molar-refractivity contribution in [2.45, 2.75) is 40.0 Å². The van der Waals surface area contributed by atoms with Gasteiger partial charge in [0.25, 0.3) is 0 Å². The monoisotopic (exact) mass is 457 g/mol. The van der Waals surface area contributed by atoms with E-state index in [0.29, 0.717) is 5.92 Å². The van der Waals surface area contributed by atoms with Gasteiger partial charge >= 0.3 is 0 Å². The summed E-state index contributed by atoms with van der Waals surface area (Å²) in [5.74, 6) is 2.15. The minimum atomic E-state index is 0.498. The number of aryl methyl sites for hydroxylation is 2. The van der Waals surface area contributed by atoms with Crippen LogP contribution in [0, 0.1) is 13.8 Å². The molecule has 0 saturated heterocycles. The predicted molar refractivity (Wildman–Crippen MR) is 136 cm³/mol. The molecule has 0 aliphatic carbocycles. The third-order valence-corrected chi connectivity index (χ3v) is 6.61. The van der Waals surface area contributed by atoms with Crippen LogP contribution in [0.4, 0.5) is 5.82 Å². The van der Waals surface area contributed by atoms with E-state index in [4.69, 9.17) is 26.6 Å². The normalized spacial score (nSPS) is 14.2. The summed E-state index contributed by atoms with van der Waals surface area (Å²) in [6, 6.07) is 14.7. The van der Waals surface area contributed by atoms with Crippen LogP contribution in [0.1, 0.15) is 48.7 Å². The number of aromatic nitrogens is 4. The topological polar surface area (TPSA) is 46.8 Å². The van der Waals surface area contributed by atoms with Crippen molar-refractivity contribution in [2.24, 2.45) is 0 Å². The van der Waals surface area contributed by atoms with E-state index in [1.54, 1.807) is 0 Å². The Balaban J connectivity index is 1.50. The molecule has 0 radical (unpaired) electrons. The van der Waals surface area contributed by atoms with E-state index in [2.05, 4.69) is 66.6 Å². The van der Waals surface area contributed by atoms with Gasteiger partial charge in [-0.15, -0.1) is 0 Å². The van der Waals surface area contributed by atoms with E-state index < -0.39 is 0 Å². The Kier molecular flexibility index (Phi) is 5.67. The Bertz CT molecular complexity index is 1350. The summed E-state index contributed by atoms with van der Waals surface area (Å²) < 4.78 is 2.09. The van der Waals surface area contributed by atoms with E-state index in [-0.39, 0.29) is 0 Å². The number of imidazole rings is 1. The number of rotatable bonds is 4. The van der Waals surface area contributed by atoms with Crippen molar-refractivity contribution in [2.75, 3.05) is 18.0 Å². The van der Waals surface area contributed by atoms with Crippen LogP contribution in [0.3, 0.4) is 0 Å². The van der Waals surface area contributed by atoms with E-state index >= 15 is 0 Å². The third kappa shape index (κ3) is 4.13. The second kappa shape index (κ2) is 8.64. The standard InChI is InChI=1S/C27H28ClN5/c1-17(2)22-7-10-24(18(3)15-22)33-16-29-25-26(30-19(4)31-27(25)33)32-13-11-21(12-14-32)20-5-8-23(28)9-6-20/h5-11,15-17H,12-14H2,1-4H3. The lowest BCUT2D eigenvalue weighted by atomic mass is 9.99. The Hall–Kier alpha value is -3.18. The summed E-state index contributed by atoms with van der Waals surface area (Å²) in [5.41, 5.74) is 7.93. The lowest BCUT2D eigenvalue weighted by Gasteiger charge is -2.28.